The second-order valence-corrected chi connectivity index (χ2v) is 3.96. The van der Waals surface area contributed by atoms with Crippen LogP contribution in [-0.2, 0) is 9.53 Å². The number of hydrogen-bond acceptors (Lipinski definition) is 4. The van der Waals surface area contributed by atoms with Crippen molar-refractivity contribution in [1.29, 1.82) is 0 Å². The fourth-order valence-corrected chi connectivity index (χ4v) is 1.43. The second-order valence-electron chi connectivity index (χ2n) is 3.96. The smallest absolute Gasteiger partial charge is 0.269 e. The molecule has 0 heterocycles. The first-order chi connectivity index (χ1) is 8.45. The molecule has 2 unspecified atom stereocenters. The van der Waals surface area contributed by atoms with E-state index >= 15 is 0 Å². The van der Waals surface area contributed by atoms with Gasteiger partial charge < -0.3 is 10.1 Å². The van der Waals surface area contributed by atoms with Crippen molar-refractivity contribution in [3.8, 4) is 0 Å². The lowest BCUT2D eigenvalue weighted by Crippen LogP contribution is -2.35. The molecule has 0 saturated carbocycles. The molecule has 0 aliphatic heterocycles. The number of nitrogens with one attached hydrogen (secondary N) is 1. The number of nitro groups is 1. The highest BCUT2D eigenvalue weighted by atomic mass is 16.6. The molecule has 1 N–H and O–H groups in total. The summed E-state index contributed by atoms with van der Waals surface area (Å²) in [5.41, 5.74) is 0.689. The van der Waals surface area contributed by atoms with Gasteiger partial charge in [0.15, 0.2) is 0 Å². The number of methoxy groups -OCH3 is 1. The molecule has 0 saturated heterocycles. The van der Waals surface area contributed by atoms with Gasteiger partial charge in [0.2, 0.25) is 5.91 Å². The van der Waals surface area contributed by atoms with Crippen molar-refractivity contribution in [2.24, 2.45) is 0 Å². The number of carbonyl (C=O) groups is 1. The van der Waals surface area contributed by atoms with Gasteiger partial charge in [-0.15, -0.1) is 0 Å². The number of carbonyl (C=O) groups excluding carboxylic acids is 1. The standard InChI is InChI=1S/C12H16N2O4/c1-8(13-12(15)9(2)18-3)10-5-4-6-11(7-10)14(16)17/h4-9H,1-3H3,(H,13,15). The Morgan fingerprint density at radius 2 is 2.11 bits per heavy atom. The van der Waals surface area contributed by atoms with Gasteiger partial charge in [-0.05, 0) is 19.4 Å². The van der Waals surface area contributed by atoms with E-state index in [9.17, 15) is 14.9 Å². The minimum Gasteiger partial charge on any atom is -0.372 e. The van der Waals surface area contributed by atoms with E-state index in [1.54, 1.807) is 26.0 Å². The molecule has 1 rings (SSSR count). The molecular weight excluding hydrogens is 236 g/mol. The molecule has 6 nitrogen and oxygen atoms in total. The number of benzene rings is 1. The molecule has 0 fully saturated rings. The summed E-state index contributed by atoms with van der Waals surface area (Å²) < 4.78 is 4.89. The Hall–Kier alpha value is -1.95. The fourth-order valence-electron chi connectivity index (χ4n) is 1.43. The molecule has 0 aliphatic rings. The first-order valence-corrected chi connectivity index (χ1v) is 5.53. The van der Waals surface area contributed by atoms with E-state index in [1.807, 2.05) is 0 Å². The van der Waals surface area contributed by atoms with Gasteiger partial charge in [-0.25, -0.2) is 0 Å². The van der Waals surface area contributed by atoms with E-state index in [0.717, 1.165) is 0 Å². The third-order valence-corrected chi connectivity index (χ3v) is 2.66. The lowest BCUT2D eigenvalue weighted by molar-refractivity contribution is -0.384. The lowest BCUT2D eigenvalue weighted by atomic mass is 10.1. The number of non-ortho nitro benzene ring substituents is 1. The van der Waals surface area contributed by atoms with Crippen LogP contribution in [-0.4, -0.2) is 24.0 Å². The summed E-state index contributed by atoms with van der Waals surface area (Å²) in [7, 11) is 1.45. The number of nitrogens with zero attached hydrogens (tertiary/aromatic N) is 1. The molecule has 98 valence electrons. The zero-order chi connectivity index (χ0) is 13.7. The van der Waals surface area contributed by atoms with Crippen LogP contribution < -0.4 is 5.32 Å². The van der Waals surface area contributed by atoms with Crippen molar-refractivity contribution in [2.75, 3.05) is 7.11 Å². The highest BCUT2D eigenvalue weighted by Crippen LogP contribution is 2.18. The monoisotopic (exact) mass is 252 g/mol. The van der Waals surface area contributed by atoms with Crippen LogP contribution in [0.2, 0.25) is 0 Å². The average Bonchev–Trinajstić information content (AvgIpc) is 2.37. The Labute approximate surface area is 105 Å². The van der Waals surface area contributed by atoms with Crippen LogP contribution in [0, 0.1) is 10.1 Å². The third-order valence-electron chi connectivity index (χ3n) is 2.66. The van der Waals surface area contributed by atoms with Gasteiger partial charge in [-0.1, -0.05) is 12.1 Å². The number of amides is 1. The van der Waals surface area contributed by atoms with Crippen LogP contribution in [0.25, 0.3) is 0 Å². The van der Waals surface area contributed by atoms with Gasteiger partial charge in [-0.2, -0.15) is 0 Å². The Bertz CT molecular complexity index is 447. The molecule has 0 radical (unpaired) electrons. The van der Waals surface area contributed by atoms with E-state index < -0.39 is 11.0 Å². The summed E-state index contributed by atoms with van der Waals surface area (Å²) in [5.74, 6) is -0.253. The fraction of sp³-hybridized carbons (Fsp3) is 0.417. The van der Waals surface area contributed by atoms with Crippen LogP contribution in [0.4, 0.5) is 5.69 Å². The van der Waals surface area contributed by atoms with Crippen LogP contribution >= 0.6 is 0 Å². The van der Waals surface area contributed by atoms with E-state index in [2.05, 4.69) is 5.32 Å². The van der Waals surface area contributed by atoms with E-state index in [-0.39, 0.29) is 17.6 Å². The highest BCUT2D eigenvalue weighted by molar-refractivity contribution is 5.80. The predicted molar refractivity (Wildman–Crippen MR) is 66.1 cm³/mol. The van der Waals surface area contributed by atoms with Crippen molar-refractivity contribution in [3.63, 3.8) is 0 Å². The summed E-state index contributed by atoms with van der Waals surface area (Å²) in [6.07, 6.45) is -0.550. The number of hydrogen-bond donors (Lipinski definition) is 1. The molecule has 18 heavy (non-hydrogen) atoms. The van der Waals surface area contributed by atoms with Crippen LogP contribution in [0.5, 0.6) is 0 Å². The lowest BCUT2D eigenvalue weighted by Gasteiger charge is -2.16. The maximum Gasteiger partial charge on any atom is 0.269 e. The summed E-state index contributed by atoms with van der Waals surface area (Å²) in [6.45, 7) is 3.40. The van der Waals surface area contributed by atoms with Crippen LogP contribution in [0.1, 0.15) is 25.5 Å². The summed E-state index contributed by atoms with van der Waals surface area (Å²) in [6, 6.07) is 5.87. The SMILES string of the molecule is COC(C)C(=O)NC(C)c1cccc([N+](=O)[O-])c1. The molecule has 0 aromatic heterocycles. The minimum absolute atomic E-state index is 0.00777. The number of nitro benzene ring substituents is 1. The van der Waals surface area contributed by atoms with E-state index in [4.69, 9.17) is 4.74 Å². The van der Waals surface area contributed by atoms with Crippen molar-refractivity contribution in [2.45, 2.75) is 26.0 Å². The summed E-state index contributed by atoms with van der Waals surface area (Å²) >= 11 is 0. The van der Waals surface area contributed by atoms with Crippen LogP contribution in [0.15, 0.2) is 24.3 Å². The predicted octanol–water partition coefficient (Wildman–Crippen LogP) is 1.81. The van der Waals surface area contributed by atoms with Crippen molar-refractivity contribution >= 4 is 11.6 Å². The molecule has 1 amide bonds. The highest BCUT2D eigenvalue weighted by Gasteiger charge is 2.16. The van der Waals surface area contributed by atoms with Gasteiger partial charge in [0.1, 0.15) is 6.10 Å². The first-order valence-electron chi connectivity index (χ1n) is 5.53. The van der Waals surface area contributed by atoms with Crippen molar-refractivity contribution < 1.29 is 14.5 Å². The third kappa shape index (κ3) is 3.53. The Balaban J connectivity index is 2.78. The van der Waals surface area contributed by atoms with Gasteiger partial charge in [0.25, 0.3) is 5.69 Å². The van der Waals surface area contributed by atoms with Crippen LogP contribution in [0.3, 0.4) is 0 Å². The Kier molecular flexibility index (Phi) is 4.79. The molecule has 0 bridgehead atoms. The molecule has 1 aromatic carbocycles. The average molecular weight is 252 g/mol. The molecule has 0 aliphatic carbocycles. The Morgan fingerprint density at radius 1 is 1.44 bits per heavy atom. The summed E-state index contributed by atoms with van der Waals surface area (Å²) in [4.78, 5) is 21.8. The number of rotatable bonds is 5. The zero-order valence-electron chi connectivity index (χ0n) is 10.5. The minimum atomic E-state index is -0.550. The van der Waals surface area contributed by atoms with E-state index in [0.29, 0.717) is 5.56 Å². The molecule has 0 spiro atoms. The van der Waals surface area contributed by atoms with E-state index in [1.165, 1.54) is 19.2 Å². The quantitative estimate of drug-likeness (QED) is 0.640. The van der Waals surface area contributed by atoms with Gasteiger partial charge in [0.05, 0.1) is 11.0 Å². The number of ether oxygens (including phenoxy) is 1. The maximum atomic E-state index is 11.6. The molecule has 6 heteroatoms. The van der Waals surface area contributed by atoms with Crippen molar-refractivity contribution in [1.82, 2.24) is 5.32 Å². The first kappa shape index (κ1) is 14.1. The van der Waals surface area contributed by atoms with Crippen molar-refractivity contribution in [3.05, 3.63) is 39.9 Å². The van der Waals surface area contributed by atoms with Gasteiger partial charge in [-0.3, -0.25) is 14.9 Å². The second kappa shape index (κ2) is 6.11. The van der Waals surface area contributed by atoms with Gasteiger partial charge >= 0.3 is 0 Å². The topological polar surface area (TPSA) is 81.5 Å². The maximum absolute atomic E-state index is 11.6. The molecule has 2 atom stereocenters. The van der Waals surface area contributed by atoms with Gasteiger partial charge in [0, 0.05) is 19.2 Å². The normalized spacial score (nSPS) is 13.7. The molecule has 1 aromatic rings. The largest absolute Gasteiger partial charge is 0.372 e. The molecular formula is C12H16N2O4. The summed E-state index contributed by atoms with van der Waals surface area (Å²) in [5, 5.41) is 13.4. The zero-order valence-corrected chi connectivity index (χ0v) is 10.5. The Morgan fingerprint density at radius 3 is 2.67 bits per heavy atom.